The van der Waals surface area contributed by atoms with Crippen molar-refractivity contribution in [1.29, 1.82) is 0 Å². The number of anilines is 2. The van der Waals surface area contributed by atoms with Crippen LogP contribution in [0.5, 0.6) is 0 Å². The first-order valence-electron chi connectivity index (χ1n) is 17.1. The monoisotopic (exact) mass is 649 g/mol. The minimum atomic E-state index is 0.778. The van der Waals surface area contributed by atoms with Crippen LogP contribution < -0.4 is 9.80 Å². The molecule has 1 aliphatic heterocycles. The van der Waals surface area contributed by atoms with Gasteiger partial charge in [-0.15, -0.1) is 0 Å². The number of aromatic nitrogens is 1. The van der Waals surface area contributed by atoms with Crippen LogP contribution in [0.25, 0.3) is 56.2 Å². The molecule has 1 aliphatic rings. The molecule has 4 heteroatoms. The highest BCUT2D eigenvalue weighted by molar-refractivity contribution is 5.92. The molecule has 50 heavy (non-hydrogen) atoms. The summed E-state index contributed by atoms with van der Waals surface area (Å²) in [6, 6.07) is 47.1. The Morgan fingerprint density at radius 1 is 0.500 bits per heavy atom. The summed E-state index contributed by atoms with van der Waals surface area (Å²) in [7, 11) is 0. The Hall–Kier alpha value is -6.13. The number of furan rings is 1. The molecular formula is C46H39N3O. The lowest BCUT2D eigenvalue weighted by molar-refractivity contribution is 0.594. The van der Waals surface area contributed by atoms with Crippen LogP contribution in [0, 0.1) is 27.7 Å². The van der Waals surface area contributed by atoms with Gasteiger partial charge < -0.3 is 14.2 Å². The molecular weight excluding hydrogens is 611 g/mol. The van der Waals surface area contributed by atoms with Gasteiger partial charge in [0, 0.05) is 46.7 Å². The zero-order valence-corrected chi connectivity index (χ0v) is 28.9. The Morgan fingerprint density at radius 3 is 1.82 bits per heavy atom. The summed E-state index contributed by atoms with van der Waals surface area (Å²) in [5.41, 5.74) is 16.1. The van der Waals surface area contributed by atoms with Crippen molar-refractivity contribution in [2.45, 2.75) is 27.7 Å². The van der Waals surface area contributed by atoms with Crippen LogP contribution in [0.1, 0.15) is 22.3 Å². The molecule has 0 saturated heterocycles. The maximum atomic E-state index is 6.82. The molecule has 5 aromatic carbocycles. The number of benzene rings is 5. The summed E-state index contributed by atoms with van der Waals surface area (Å²) < 4.78 is 6.82. The highest BCUT2D eigenvalue weighted by Crippen LogP contribution is 2.43. The molecule has 4 nitrogen and oxygen atoms in total. The van der Waals surface area contributed by atoms with E-state index in [9.17, 15) is 0 Å². The van der Waals surface area contributed by atoms with Gasteiger partial charge in [0.25, 0.3) is 0 Å². The van der Waals surface area contributed by atoms with Crippen molar-refractivity contribution in [3.8, 4) is 56.2 Å². The van der Waals surface area contributed by atoms with Crippen LogP contribution in [0.4, 0.5) is 11.4 Å². The molecule has 7 aromatic rings. The van der Waals surface area contributed by atoms with E-state index in [1.165, 1.54) is 22.4 Å². The van der Waals surface area contributed by atoms with Gasteiger partial charge in [-0.2, -0.15) is 0 Å². The molecule has 0 bridgehead atoms. The second-order valence-corrected chi connectivity index (χ2v) is 13.1. The number of para-hydroxylation sites is 1. The lowest BCUT2D eigenvalue weighted by atomic mass is 9.89. The van der Waals surface area contributed by atoms with Crippen molar-refractivity contribution in [1.82, 2.24) is 4.98 Å². The maximum Gasteiger partial charge on any atom is 0.138 e. The third-order valence-electron chi connectivity index (χ3n) is 9.89. The normalized spacial score (nSPS) is 12.6. The van der Waals surface area contributed by atoms with Gasteiger partial charge >= 0.3 is 0 Å². The Balaban J connectivity index is 1.11. The van der Waals surface area contributed by atoms with Gasteiger partial charge in [0.2, 0.25) is 0 Å². The molecule has 3 heterocycles. The Morgan fingerprint density at radius 2 is 1.10 bits per heavy atom. The molecule has 0 atom stereocenters. The summed E-state index contributed by atoms with van der Waals surface area (Å²) in [5.74, 6) is 1.81. The molecule has 0 radical (unpaired) electrons. The predicted molar refractivity (Wildman–Crippen MR) is 208 cm³/mol. The summed E-state index contributed by atoms with van der Waals surface area (Å²) in [6.07, 6.45) is 6.17. The van der Waals surface area contributed by atoms with E-state index in [1.807, 2.05) is 18.3 Å². The average Bonchev–Trinajstić information content (AvgIpc) is 3.76. The number of nitrogens with zero attached hydrogens (tertiary/aromatic N) is 3. The second kappa shape index (κ2) is 13.1. The first-order chi connectivity index (χ1) is 24.5. The second-order valence-electron chi connectivity index (χ2n) is 13.1. The van der Waals surface area contributed by atoms with E-state index in [0.29, 0.717) is 0 Å². The lowest BCUT2D eigenvalue weighted by Gasteiger charge is -2.24. The zero-order chi connectivity index (χ0) is 34.2. The van der Waals surface area contributed by atoms with Gasteiger partial charge in [0.15, 0.2) is 0 Å². The molecule has 0 amide bonds. The first-order valence-corrected chi connectivity index (χ1v) is 17.1. The largest absolute Gasteiger partial charge is 0.456 e. The van der Waals surface area contributed by atoms with Crippen molar-refractivity contribution in [3.05, 3.63) is 174 Å². The van der Waals surface area contributed by atoms with E-state index in [1.54, 1.807) is 0 Å². The standard InChI is InChI=1S/C46H39N3O/c1-31-13-11-14-32(2)44(31)49-28-27-48(30-49)38-24-22-35(23-25-38)45-33(3)34(4)46(50-45)42-20-8-7-19-41(42)40-18-6-5-17-39(40)36-15-12-16-37(29-36)43-21-9-10-26-47-43/h5-29H,30H2,1-4H3. The SMILES string of the molecule is Cc1cccc(C)c1N1C=CN(c2ccc(-c3oc(-c4ccccc4-c4ccccc4-c4cccc(-c5ccccn5)c4)c(C)c3C)cc2)C1. The number of rotatable bonds is 7. The molecule has 0 fully saturated rings. The van der Waals surface area contributed by atoms with E-state index in [4.69, 9.17) is 4.42 Å². The summed E-state index contributed by atoms with van der Waals surface area (Å²) >= 11 is 0. The minimum Gasteiger partial charge on any atom is -0.456 e. The molecule has 0 aliphatic carbocycles. The van der Waals surface area contributed by atoms with Gasteiger partial charge in [-0.05, 0) is 115 Å². The van der Waals surface area contributed by atoms with Gasteiger partial charge in [-0.25, -0.2) is 0 Å². The van der Waals surface area contributed by atoms with Crippen LogP contribution in [0.2, 0.25) is 0 Å². The van der Waals surface area contributed by atoms with E-state index < -0.39 is 0 Å². The van der Waals surface area contributed by atoms with Crippen LogP contribution in [0.3, 0.4) is 0 Å². The smallest absolute Gasteiger partial charge is 0.138 e. The van der Waals surface area contributed by atoms with Gasteiger partial charge in [0.05, 0.1) is 12.4 Å². The Kier molecular flexibility index (Phi) is 8.14. The predicted octanol–water partition coefficient (Wildman–Crippen LogP) is 12.0. The van der Waals surface area contributed by atoms with Crippen molar-refractivity contribution < 1.29 is 4.42 Å². The third-order valence-corrected chi connectivity index (χ3v) is 9.89. The molecule has 0 spiro atoms. The van der Waals surface area contributed by atoms with Crippen LogP contribution in [-0.2, 0) is 0 Å². The highest BCUT2D eigenvalue weighted by atomic mass is 16.3. The Bertz CT molecular complexity index is 2330. The topological polar surface area (TPSA) is 32.5 Å². The molecule has 2 aromatic heterocycles. The average molecular weight is 650 g/mol. The summed E-state index contributed by atoms with van der Waals surface area (Å²) in [4.78, 5) is 9.18. The fraction of sp³-hybridized carbons (Fsp3) is 0.109. The first kappa shape index (κ1) is 31.2. The van der Waals surface area contributed by atoms with Crippen LogP contribution in [0.15, 0.2) is 156 Å². The Labute approximate surface area is 294 Å². The number of aryl methyl sites for hydroxylation is 2. The van der Waals surface area contributed by atoms with Crippen molar-refractivity contribution >= 4 is 11.4 Å². The summed E-state index contributed by atoms with van der Waals surface area (Å²) in [6.45, 7) is 9.46. The van der Waals surface area contributed by atoms with Crippen LogP contribution >= 0.6 is 0 Å². The quantitative estimate of drug-likeness (QED) is 0.172. The number of pyridine rings is 1. The van der Waals surface area contributed by atoms with Crippen molar-refractivity contribution in [3.63, 3.8) is 0 Å². The van der Waals surface area contributed by atoms with Gasteiger partial charge in [0.1, 0.15) is 11.5 Å². The maximum absolute atomic E-state index is 6.82. The number of hydrogen-bond acceptors (Lipinski definition) is 4. The van der Waals surface area contributed by atoms with E-state index in [-0.39, 0.29) is 0 Å². The third kappa shape index (κ3) is 5.69. The fourth-order valence-electron chi connectivity index (χ4n) is 7.19. The molecule has 244 valence electrons. The summed E-state index contributed by atoms with van der Waals surface area (Å²) in [5, 5.41) is 0. The van der Waals surface area contributed by atoms with Gasteiger partial charge in [-0.3, -0.25) is 4.98 Å². The van der Waals surface area contributed by atoms with E-state index in [0.717, 1.165) is 74.1 Å². The molecule has 0 N–H and O–H groups in total. The fourth-order valence-corrected chi connectivity index (χ4v) is 7.19. The minimum absolute atomic E-state index is 0.778. The molecule has 8 rings (SSSR count). The molecule has 0 unspecified atom stereocenters. The van der Waals surface area contributed by atoms with Gasteiger partial charge in [-0.1, -0.05) is 91.0 Å². The number of hydrogen-bond donors (Lipinski definition) is 0. The van der Waals surface area contributed by atoms with E-state index in [2.05, 4.69) is 176 Å². The zero-order valence-electron chi connectivity index (χ0n) is 28.9. The van der Waals surface area contributed by atoms with Crippen LogP contribution in [-0.4, -0.2) is 11.7 Å². The van der Waals surface area contributed by atoms with Crippen molar-refractivity contribution in [2.24, 2.45) is 0 Å². The molecule has 0 saturated carbocycles. The lowest BCUT2D eigenvalue weighted by Crippen LogP contribution is -2.25. The van der Waals surface area contributed by atoms with Crippen molar-refractivity contribution in [2.75, 3.05) is 16.5 Å². The van der Waals surface area contributed by atoms with E-state index >= 15 is 0 Å². The highest BCUT2D eigenvalue weighted by Gasteiger charge is 2.22.